The molecule has 1 aromatic carbocycles. The van der Waals surface area contributed by atoms with E-state index in [0.717, 1.165) is 66.9 Å². The zero-order chi connectivity index (χ0) is 19.9. The normalized spacial score (nSPS) is 18.9. The van der Waals surface area contributed by atoms with Crippen LogP contribution in [0.25, 0.3) is 0 Å². The molecule has 1 amide bonds. The van der Waals surface area contributed by atoms with E-state index >= 15 is 0 Å². The number of ether oxygens (including phenoxy) is 2. The first-order valence-corrected chi connectivity index (χ1v) is 11.4. The number of benzene rings is 1. The van der Waals surface area contributed by atoms with E-state index in [1.54, 1.807) is 7.11 Å². The second kappa shape index (κ2) is 10.5. The number of amides is 1. The lowest BCUT2D eigenvalue weighted by Gasteiger charge is -2.35. The molecule has 2 aliphatic rings. The van der Waals surface area contributed by atoms with E-state index in [4.69, 9.17) is 9.47 Å². The molecule has 1 saturated heterocycles. The fourth-order valence-electron chi connectivity index (χ4n) is 4.33. The van der Waals surface area contributed by atoms with Crippen LogP contribution in [-0.4, -0.2) is 43.7 Å². The van der Waals surface area contributed by atoms with Crippen molar-refractivity contribution >= 4 is 21.8 Å². The first-order valence-electron chi connectivity index (χ1n) is 10.6. The fraction of sp³-hybridized carbons (Fsp3) is 0.682. The predicted molar refractivity (Wildman–Crippen MR) is 115 cm³/mol. The Bertz CT molecular complexity index is 653. The Balaban J connectivity index is 1.49. The molecule has 3 rings (SSSR count). The number of likely N-dealkylation sites (tertiary alicyclic amines) is 1. The zero-order valence-corrected chi connectivity index (χ0v) is 18.7. The second-order valence-electron chi connectivity index (χ2n) is 7.86. The molecule has 1 N–H and O–H groups in total. The molecule has 1 aromatic rings. The van der Waals surface area contributed by atoms with Gasteiger partial charge in [0.15, 0.2) is 11.5 Å². The molecule has 1 aliphatic heterocycles. The van der Waals surface area contributed by atoms with Gasteiger partial charge < -0.3 is 19.7 Å². The molecule has 0 unspecified atom stereocenters. The van der Waals surface area contributed by atoms with E-state index in [1.165, 1.54) is 19.3 Å². The second-order valence-corrected chi connectivity index (χ2v) is 8.71. The Labute approximate surface area is 177 Å². The number of rotatable bonds is 7. The minimum atomic E-state index is 0.284. The Morgan fingerprint density at radius 2 is 1.89 bits per heavy atom. The monoisotopic (exact) mass is 452 g/mol. The van der Waals surface area contributed by atoms with Gasteiger partial charge in [0.25, 0.3) is 0 Å². The smallest absolute Gasteiger partial charge is 0.225 e. The van der Waals surface area contributed by atoms with Crippen LogP contribution in [0.4, 0.5) is 0 Å². The van der Waals surface area contributed by atoms with Crippen molar-refractivity contribution in [3.05, 3.63) is 22.2 Å². The third kappa shape index (κ3) is 5.41. The van der Waals surface area contributed by atoms with Crippen LogP contribution in [0, 0.1) is 5.92 Å². The van der Waals surface area contributed by atoms with Crippen LogP contribution < -0.4 is 14.8 Å². The van der Waals surface area contributed by atoms with E-state index in [1.807, 2.05) is 13.0 Å². The molecule has 1 heterocycles. The highest BCUT2D eigenvalue weighted by Gasteiger charge is 2.29. The molecule has 0 bridgehead atoms. The lowest BCUT2D eigenvalue weighted by molar-refractivity contribution is -0.137. The molecule has 1 aliphatic carbocycles. The maximum atomic E-state index is 12.7. The van der Waals surface area contributed by atoms with Crippen LogP contribution >= 0.6 is 15.9 Å². The molecular formula is C22H33BrN2O3. The number of piperidine rings is 1. The Morgan fingerprint density at radius 1 is 1.18 bits per heavy atom. The minimum Gasteiger partial charge on any atom is -0.493 e. The van der Waals surface area contributed by atoms with Gasteiger partial charge in [0.2, 0.25) is 5.91 Å². The van der Waals surface area contributed by atoms with Gasteiger partial charge in [0.1, 0.15) is 0 Å². The van der Waals surface area contributed by atoms with E-state index in [-0.39, 0.29) is 5.92 Å². The topological polar surface area (TPSA) is 50.8 Å². The third-order valence-corrected chi connectivity index (χ3v) is 6.52. The highest BCUT2D eigenvalue weighted by Crippen LogP contribution is 2.36. The third-order valence-electron chi connectivity index (χ3n) is 5.93. The van der Waals surface area contributed by atoms with Gasteiger partial charge in [0, 0.05) is 31.6 Å². The standard InChI is InChI=1S/C22H33BrN2O3/c1-3-28-21-19(23)13-16(14-20(21)27-2)15-24-18-9-11-25(12-10-18)22(26)17-7-5-4-6-8-17/h13-14,17-18,24H,3-12,15H2,1-2H3. The van der Waals surface area contributed by atoms with Crippen molar-refractivity contribution < 1.29 is 14.3 Å². The van der Waals surface area contributed by atoms with E-state index in [2.05, 4.69) is 32.2 Å². The summed E-state index contributed by atoms with van der Waals surface area (Å²) in [6.07, 6.45) is 7.95. The van der Waals surface area contributed by atoms with Gasteiger partial charge in [-0.15, -0.1) is 0 Å². The SMILES string of the molecule is CCOc1c(Br)cc(CNC2CCN(C(=O)C3CCCCC3)CC2)cc1OC. The molecule has 28 heavy (non-hydrogen) atoms. The molecule has 1 saturated carbocycles. The highest BCUT2D eigenvalue weighted by atomic mass is 79.9. The molecule has 5 nitrogen and oxygen atoms in total. The molecule has 0 spiro atoms. The Morgan fingerprint density at radius 3 is 2.54 bits per heavy atom. The van der Waals surface area contributed by atoms with Crippen LogP contribution in [0.3, 0.4) is 0 Å². The van der Waals surface area contributed by atoms with Crippen molar-refractivity contribution in [2.75, 3.05) is 26.8 Å². The first kappa shape index (κ1) is 21.4. The molecule has 0 atom stereocenters. The molecule has 2 fully saturated rings. The molecular weight excluding hydrogens is 420 g/mol. The minimum absolute atomic E-state index is 0.284. The average molecular weight is 453 g/mol. The summed E-state index contributed by atoms with van der Waals surface area (Å²) < 4.78 is 12.1. The summed E-state index contributed by atoms with van der Waals surface area (Å²) in [5.74, 6) is 2.19. The molecule has 0 radical (unpaired) electrons. The van der Waals surface area contributed by atoms with Crippen LogP contribution in [0.15, 0.2) is 16.6 Å². The van der Waals surface area contributed by atoms with Gasteiger partial charge >= 0.3 is 0 Å². The number of hydrogen-bond acceptors (Lipinski definition) is 4. The number of hydrogen-bond donors (Lipinski definition) is 1. The lowest BCUT2D eigenvalue weighted by atomic mass is 9.87. The predicted octanol–water partition coefficient (Wildman–Crippen LogP) is 4.52. The maximum Gasteiger partial charge on any atom is 0.225 e. The molecule has 6 heteroatoms. The summed E-state index contributed by atoms with van der Waals surface area (Å²) in [7, 11) is 1.67. The summed E-state index contributed by atoms with van der Waals surface area (Å²) in [5.41, 5.74) is 1.16. The van der Waals surface area contributed by atoms with Crippen molar-refractivity contribution in [3.8, 4) is 11.5 Å². The van der Waals surface area contributed by atoms with Crippen molar-refractivity contribution in [1.29, 1.82) is 0 Å². The van der Waals surface area contributed by atoms with Crippen LogP contribution in [-0.2, 0) is 11.3 Å². The number of carbonyl (C=O) groups is 1. The largest absolute Gasteiger partial charge is 0.493 e. The summed E-state index contributed by atoms with van der Waals surface area (Å²) >= 11 is 3.59. The number of nitrogens with zero attached hydrogens (tertiary/aromatic N) is 1. The highest BCUT2D eigenvalue weighted by molar-refractivity contribution is 9.10. The van der Waals surface area contributed by atoms with Crippen LogP contribution in [0.5, 0.6) is 11.5 Å². The average Bonchev–Trinajstić information content (AvgIpc) is 2.74. The van der Waals surface area contributed by atoms with Gasteiger partial charge in [-0.1, -0.05) is 19.3 Å². The van der Waals surface area contributed by atoms with Gasteiger partial charge in [0.05, 0.1) is 18.2 Å². The summed E-state index contributed by atoms with van der Waals surface area (Å²) in [4.78, 5) is 14.8. The van der Waals surface area contributed by atoms with Gasteiger partial charge in [-0.3, -0.25) is 4.79 Å². The van der Waals surface area contributed by atoms with Crippen LogP contribution in [0.2, 0.25) is 0 Å². The number of methoxy groups -OCH3 is 1. The van der Waals surface area contributed by atoms with Crippen molar-refractivity contribution in [3.63, 3.8) is 0 Å². The molecule has 156 valence electrons. The summed E-state index contributed by atoms with van der Waals surface area (Å²) in [5, 5.41) is 3.65. The van der Waals surface area contributed by atoms with Gasteiger partial charge in [-0.05, 0) is 66.2 Å². The van der Waals surface area contributed by atoms with E-state index < -0.39 is 0 Å². The molecule has 0 aromatic heterocycles. The van der Waals surface area contributed by atoms with E-state index in [0.29, 0.717) is 18.6 Å². The zero-order valence-electron chi connectivity index (χ0n) is 17.1. The van der Waals surface area contributed by atoms with Crippen LogP contribution in [0.1, 0.15) is 57.4 Å². The summed E-state index contributed by atoms with van der Waals surface area (Å²) in [6, 6.07) is 4.57. The van der Waals surface area contributed by atoms with Crippen molar-refractivity contribution in [1.82, 2.24) is 10.2 Å². The lowest BCUT2D eigenvalue weighted by Crippen LogP contribution is -2.46. The number of carbonyl (C=O) groups excluding carboxylic acids is 1. The van der Waals surface area contributed by atoms with Gasteiger partial charge in [-0.25, -0.2) is 0 Å². The first-order chi connectivity index (χ1) is 13.6. The quantitative estimate of drug-likeness (QED) is 0.660. The van der Waals surface area contributed by atoms with Gasteiger partial charge in [-0.2, -0.15) is 0 Å². The number of halogens is 1. The number of nitrogens with one attached hydrogen (secondary N) is 1. The van der Waals surface area contributed by atoms with Crippen molar-refractivity contribution in [2.24, 2.45) is 5.92 Å². The fourth-order valence-corrected chi connectivity index (χ4v) is 4.94. The van der Waals surface area contributed by atoms with E-state index in [9.17, 15) is 4.79 Å². The summed E-state index contributed by atoms with van der Waals surface area (Å²) in [6.45, 7) is 5.10. The Hall–Kier alpha value is -1.27. The van der Waals surface area contributed by atoms with Crippen molar-refractivity contribution in [2.45, 2.75) is 64.5 Å². The maximum absolute atomic E-state index is 12.7. The Kier molecular flexibility index (Phi) is 8.03.